The van der Waals surface area contributed by atoms with Gasteiger partial charge >= 0.3 is 0 Å². The molecule has 2 aromatic carbocycles. The fourth-order valence-corrected chi connectivity index (χ4v) is 3.10. The van der Waals surface area contributed by atoms with Crippen LogP contribution in [-0.4, -0.2) is 17.1 Å². The number of ether oxygens (including phenoxy) is 1. The third-order valence-electron chi connectivity index (χ3n) is 3.66. The Labute approximate surface area is 169 Å². The summed E-state index contributed by atoms with van der Waals surface area (Å²) < 4.78 is 19.6. The maximum Gasteiger partial charge on any atom is 0.246 e. The van der Waals surface area contributed by atoms with Crippen LogP contribution < -0.4 is 15.9 Å². The van der Waals surface area contributed by atoms with Crippen LogP contribution >= 0.6 is 22.9 Å². The standard InChI is InChI=1S/C19H16ClFN4O2S/c20-15-5-3-6-16(21)14(15)10-27-17-7-2-1-4-12(17)9-23-25-18(26)8-13-11-28-19(22)24-13/h1-7,9,11H,8,10H2,(H2,22,24)(H,25,26)/b23-9+. The first-order valence-electron chi connectivity index (χ1n) is 8.19. The lowest BCUT2D eigenvalue weighted by atomic mass is 10.2. The molecule has 3 N–H and O–H groups in total. The Kier molecular flexibility index (Phi) is 6.57. The number of halogens is 2. The first-order valence-corrected chi connectivity index (χ1v) is 9.45. The molecule has 0 saturated heterocycles. The molecule has 144 valence electrons. The van der Waals surface area contributed by atoms with Crippen LogP contribution in [0.2, 0.25) is 5.02 Å². The zero-order valence-electron chi connectivity index (χ0n) is 14.6. The predicted octanol–water partition coefficient (Wildman–Crippen LogP) is 3.79. The summed E-state index contributed by atoms with van der Waals surface area (Å²) in [5.74, 6) is -0.279. The van der Waals surface area contributed by atoms with Crippen LogP contribution in [0.1, 0.15) is 16.8 Å². The van der Waals surface area contributed by atoms with Crippen LogP contribution in [0.25, 0.3) is 0 Å². The molecule has 1 heterocycles. The van der Waals surface area contributed by atoms with Gasteiger partial charge in [-0.05, 0) is 24.3 Å². The molecule has 1 aromatic heterocycles. The van der Waals surface area contributed by atoms with Gasteiger partial charge in [0, 0.05) is 16.5 Å². The highest BCUT2D eigenvalue weighted by Crippen LogP contribution is 2.23. The zero-order chi connectivity index (χ0) is 19.9. The van der Waals surface area contributed by atoms with Gasteiger partial charge in [-0.25, -0.2) is 14.8 Å². The quantitative estimate of drug-likeness (QED) is 0.451. The Morgan fingerprint density at radius 3 is 2.89 bits per heavy atom. The smallest absolute Gasteiger partial charge is 0.246 e. The van der Waals surface area contributed by atoms with Crippen LogP contribution in [0.4, 0.5) is 9.52 Å². The van der Waals surface area contributed by atoms with E-state index in [1.54, 1.807) is 35.7 Å². The van der Waals surface area contributed by atoms with Gasteiger partial charge in [-0.2, -0.15) is 5.10 Å². The number of aromatic nitrogens is 1. The third-order valence-corrected chi connectivity index (χ3v) is 4.73. The number of hydrogen-bond donors (Lipinski definition) is 2. The third kappa shape index (κ3) is 5.28. The van der Waals surface area contributed by atoms with E-state index in [0.29, 0.717) is 27.2 Å². The molecule has 1 amide bonds. The monoisotopic (exact) mass is 418 g/mol. The lowest BCUT2D eigenvalue weighted by Gasteiger charge is -2.10. The summed E-state index contributed by atoms with van der Waals surface area (Å²) in [6.07, 6.45) is 1.53. The number of thiazole rings is 1. The number of carbonyl (C=O) groups excluding carboxylic acids is 1. The van der Waals surface area contributed by atoms with E-state index in [9.17, 15) is 9.18 Å². The molecule has 0 fully saturated rings. The van der Waals surface area contributed by atoms with Crippen molar-refractivity contribution in [3.8, 4) is 5.75 Å². The van der Waals surface area contributed by atoms with E-state index in [4.69, 9.17) is 22.1 Å². The van der Waals surface area contributed by atoms with Crippen molar-refractivity contribution in [3.63, 3.8) is 0 Å². The van der Waals surface area contributed by atoms with Gasteiger partial charge in [0.2, 0.25) is 5.91 Å². The Morgan fingerprint density at radius 2 is 2.14 bits per heavy atom. The second-order valence-corrected chi connectivity index (χ2v) is 6.97. The number of nitrogens with one attached hydrogen (secondary N) is 1. The zero-order valence-corrected chi connectivity index (χ0v) is 16.1. The number of carbonyl (C=O) groups is 1. The fraction of sp³-hybridized carbons (Fsp3) is 0.105. The molecule has 28 heavy (non-hydrogen) atoms. The normalized spacial score (nSPS) is 10.9. The molecular formula is C19H16ClFN4O2S. The molecule has 0 unspecified atom stereocenters. The molecule has 0 aliphatic rings. The molecule has 3 rings (SSSR count). The number of hydrogen-bond acceptors (Lipinski definition) is 6. The molecular weight excluding hydrogens is 403 g/mol. The largest absolute Gasteiger partial charge is 0.488 e. The summed E-state index contributed by atoms with van der Waals surface area (Å²) in [5, 5.41) is 6.36. The number of rotatable bonds is 7. The van der Waals surface area contributed by atoms with E-state index in [1.165, 1.54) is 29.7 Å². The number of nitrogen functional groups attached to an aromatic ring is 1. The average molecular weight is 419 g/mol. The van der Waals surface area contributed by atoms with Gasteiger partial charge in [0.15, 0.2) is 5.13 Å². The van der Waals surface area contributed by atoms with Gasteiger partial charge < -0.3 is 10.5 Å². The van der Waals surface area contributed by atoms with E-state index < -0.39 is 5.82 Å². The second kappa shape index (κ2) is 9.29. The van der Waals surface area contributed by atoms with Crippen molar-refractivity contribution in [1.29, 1.82) is 0 Å². The SMILES string of the molecule is Nc1nc(CC(=O)N/N=C/c2ccccc2OCc2c(F)cccc2Cl)cs1. The molecule has 3 aromatic rings. The summed E-state index contributed by atoms with van der Waals surface area (Å²) in [4.78, 5) is 15.9. The van der Waals surface area contributed by atoms with Gasteiger partial charge in [-0.15, -0.1) is 11.3 Å². The maximum atomic E-state index is 13.9. The van der Waals surface area contributed by atoms with Crippen LogP contribution in [0.15, 0.2) is 52.9 Å². The highest BCUT2D eigenvalue weighted by atomic mass is 35.5. The van der Waals surface area contributed by atoms with E-state index >= 15 is 0 Å². The lowest BCUT2D eigenvalue weighted by Crippen LogP contribution is -2.20. The molecule has 0 atom stereocenters. The minimum Gasteiger partial charge on any atom is -0.488 e. The van der Waals surface area contributed by atoms with Gasteiger partial charge in [-0.3, -0.25) is 4.79 Å². The highest BCUT2D eigenvalue weighted by Gasteiger charge is 2.09. The summed E-state index contributed by atoms with van der Waals surface area (Å²) >= 11 is 7.29. The number of amides is 1. The molecule has 0 radical (unpaired) electrons. The van der Waals surface area contributed by atoms with E-state index in [-0.39, 0.29) is 24.5 Å². The molecule has 0 saturated carbocycles. The van der Waals surface area contributed by atoms with E-state index in [2.05, 4.69) is 15.5 Å². The number of benzene rings is 2. The van der Waals surface area contributed by atoms with Crippen molar-refractivity contribution in [3.05, 3.63) is 75.5 Å². The first kappa shape index (κ1) is 19.8. The topological polar surface area (TPSA) is 89.6 Å². The van der Waals surface area contributed by atoms with E-state index in [1.807, 2.05) is 0 Å². The predicted molar refractivity (Wildman–Crippen MR) is 108 cm³/mol. The van der Waals surface area contributed by atoms with Gasteiger partial charge in [-0.1, -0.05) is 29.8 Å². The van der Waals surface area contributed by atoms with Gasteiger partial charge in [0.1, 0.15) is 18.2 Å². The van der Waals surface area contributed by atoms with Crippen molar-refractivity contribution >= 4 is 40.2 Å². The Balaban J connectivity index is 1.61. The molecule has 6 nitrogen and oxygen atoms in total. The Bertz CT molecular complexity index is 989. The van der Waals surface area contributed by atoms with Gasteiger partial charge in [0.25, 0.3) is 0 Å². The molecule has 0 spiro atoms. The Hall–Kier alpha value is -2.97. The van der Waals surface area contributed by atoms with Crippen molar-refractivity contribution in [1.82, 2.24) is 10.4 Å². The summed E-state index contributed by atoms with van der Waals surface area (Å²) in [6.45, 7) is -0.0338. The van der Waals surface area contributed by atoms with Crippen LogP contribution in [0, 0.1) is 5.82 Å². The molecule has 9 heteroatoms. The number of hydrazone groups is 1. The van der Waals surface area contributed by atoms with E-state index in [0.717, 1.165) is 0 Å². The second-order valence-electron chi connectivity index (χ2n) is 5.67. The average Bonchev–Trinajstić information content (AvgIpc) is 3.07. The van der Waals surface area contributed by atoms with Gasteiger partial charge in [0.05, 0.1) is 23.4 Å². The Morgan fingerprint density at radius 1 is 1.32 bits per heavy atom. The number of nitrogens with two attached hydrogens (primary N) is 1. The number of nitrogens with zero attached hydrogens (tertiary/aromatic N) is 2. The number of anilines is 1. The van der Waals surface area contributed by atoms with Crippen molar-refractivity contribution in [2.24, 2.45) is 5.10 Å². The summed E-state index contributed by atoms with van der Waals surface area (Å²) in [7, 11) is 0. The minimum absolute atomic E-state index is 0.0338. The van der Waals surface area contributed by atoms with Crippen LogP contribution in [-0.2, 0) is 17.8 Å². The summed E-state index contributed by atoms with van der Waals surface area (Å²) in [5.41, 5.74) is 9.44. The first-order chi connectivity index (χ1) is 13.5. The highest BCUT2D eigenvalue weighted by molar-refractivity contribution is 7.13. The molecule has 0 aliphatic heterocycles. The minimum atomic E-state index is -0.436. The van der Waals surface area contributed by atoms with Crippen LogP contribution in [0.3, 0.4) is 0 Å². The maximum absolute atomic E-state index is 13.9. The van der Waals surface area contributed by atoms with Crippen molar-refractivity contribution in [2.45, 2.75) is 13.0 Å². The van der Waals surface area contributed by atoms with Crippen molar-refractivity contribution in [2.75, 3.05) is 5.73 Å². The van der Waals surface area contributed by atoms with Crippen molar-refractivity contribution < 1.29 is 13.9 Å². The van der Waals surface area contributed by atoms with Crippen LogP contribution in [0.5, 0.6) is 5.75 Å². The lowest BCUT2D eigenvalue weighted by molar-refractivity contribution is -0.120. The fourth-order valence-electron chi connectivity index (χ4n) is 2.32. The molecule has 0 aliphatic carbocycles. The summed E-state index contributed by atoms with van der Waals surface area (Å²) in [6, 6.07) is 11.5. The molecule has 0 bridgehead atoms. The number of para-hydroxylation sites is 1.